The Hall–Kier alpha value is -4.56. The zero-order valence-electron chi connectivity index (χ0n) is 29.2. The van der Waals surface area contributed by atoms with Gasteiger partial charge in [0.25, 0.3) is 5.91 Å². The molecule has 1 atom stereocenters. The van der Waals surface area contributed by atoms with E-state index in [1.165, 1.54) is 6.07 Å². The number of pyridine rings is 1. The molecular formula is C35H47FN8O4Si. The third-order valence-electron chi connectivity index (χ3n) is 7.90. The minimum absolute atomic E-state index is 0.126. The average Bonchev–Trinajstić information content (AvgIpc) is 3.66. The van der Waals surface area contributed by atoms with Crippen LogP contribution in [0.5, 0.6) is 0 Å². The molecule has 12 nitrogen and oxygen atoms in total. The number of rotatable bonds is 12. The summed E-state index contributed by atoms with van der Waals surface area (Å²) in [4.78, 5) is 37.1. The standard InChI is InChI=1S/C35H47FN8O4Si/c1-35(2,3)48-34(46)39-27-11-9-15-42(22-27)31-28(36)12-7-13-29(31)41-33(45)32-40-30(23-43(32)24-47-16-17-49(4,5)6)26-19-38-44(21-26)20-25-10-8-14-37-18-25/h7-8,10,12-14,18-19,21,23,27H,9,11,15-17,20,22,24H2,1-6H3,(H,39,46)(H,41,45)/t27-/m1/s1. The summed E-state index contributed by atoms with van der Waals surface area (Å²) in [5, 5.41) is 10.3. The van der Waals surface area contributed by atoms with Crippen molar-refractivity contribution in [1.29, 1.82) is 0 Å². The molecule has 2 N–H and O–H groups in total. The Morgan fingerprint density at radius 2 is 1.92 bits per heavy atom. The molecule has 1 saturated heterocycles. The lowest BCUT2D eigenvalue weighted by Gasteiger charge is -2.36. The molecule has 0 bridgehead atoms. The van der Waals surface area contributed by atoms with Crippen LogP contribution in [0.4, 0.5) is 20.6 Å². The summed E-state index contributed by atoms with van der Waals surface area (Å²) < 4.78 is 30.4. The van der Waals surface area contributed by atoms with Crippen LogP contribution >= 0.6 is 0 Å². The zero-order valence-corrected chi connectivity index (χ0v) is 30.2. The van der Waals surface area contributed by atoms with Crippen LogP contribution in [0.25, 0.3) is 11.3 Å². The Kier molecular flexibility index (Phi) is 11.2. The number of benzene rings is 1. The fourth-order valence-corrected chi connectivity index (χ4v) is 6.28. The van der Waals surface area contributed by atoms with E-state index >= 15 is 4.39 Å². The SMILES string of the molecule is CC(C)(C)OC(=O)N[C@@H]1CCCN(c2c(F)cccc2NC(=O)c2nc(-c3cnn(Cc4cccnc4)c3)cn2COCC[Si](C)(C)C)C1. The van der Waals surface area contributed by atoms with Crippen molar-refractivity contribution in [3.8, 4) is 11.3 Å². The molecule has 0 radical (unpaired) electrons. The summed E-state index contributed by atoms with van der Waals surface area (Å²) in [5.41, 5.74) is 2.23. The van der Waals surface area contributed by atoms with Gasteiger partial charge in [-0.05, 0) is 63.4 Å². The van der Waals surface area contributed by atoms with Crippen LogP contribution in [-0.2, 0) is 22.7 Å². The van der Waals surface area contributed by atoms with Crippen molar-refractivity contribution < 1.29 is 23.5 Å². The Bertz CT molecular complexity index is 1730. The lowest BCUT2D eigenvalue weighted by atomic mass is 10.0. The number of nitrogens with zero attached hydrogens (tertiary/aromatic N) is 6. The molecule has 14 heteroatoms. The van der Waals surface area contributed by atoms with E-state index in [0.717, 1.165) is 30.0 Å². The number of hydrogen-bond acceptors (Lipinski definition) is 8. The molecular weight excluding hydrogens is 644 g/mol. The van der Waals surface area contributed by atoms with Gasteiger partial charge < -0.3 is 29.6 Å². The summed E-state index contributed by atoms with van der Waals surface area (Å²) >= 11 is 0. The predicted molar refractivity (Wildman–Crippen MR) is 190 cm³/mol. The topological polar surface area (TPSA) is 128 Å². The molecule has 4 heterocycles. The molecule has 1 aliphatic rings. The normalized spacial score (nSPS) is 15.2. The lowest BCUT2D eigenvalue weighted by molar-refractivity contribution is 0.0500. The summed E-state index contributed by atoms with van der Waals surface area (Å²) in [7, 11) is -1.33. The molecule has 49 heavy (non-hydrogen) atoms. The van der Waals surface area contributed by atoms with Crippen molar-refractivity contribution in [2.24, 2.45) is 0 Å². The highest BCUT2D eigenvalue weighted by molar-refractivity contribution is 6.76. The molecule has 0 unspecified atom stereocenters. The van der Waals surface area contributed by atoms with Gasteiger partial charge >= 0.3 is 6.09 Å². The minimum atomic E-state index is -1.33. The number of hydrogen-bond donors (Lipinski definition) is 2. The van der Waals surface area contributed by atoms with Gasteiger partial charge in [0.2, 0.25) is 5.82 Å². The highest BCUT2D eigenvalue weighted by Crippen LogP contribution is 2.32. The van der Waals surface area contributed by atoms with Crippen molar-refractivity contribution in [3.05, 3.63) is 78.5 Å². The van der Waals surface area contributed by atoms with Crippen LogP contribution in [0.2, 0.25) is 25.7 Å². The molecule has 0 aliphatic carbocycles. The van der Waals surface area contributed by atoms with Crippen molar-refractivity contribution >= 4 is 31.4 Å². The van der Waals surface area contributed by atoms with E-state index in [9.17, 15) is 9.59 Å². The van der Waals surface area contributed by atoms with E-state index in [0.29, 0.717) is 37.6 Å². The van der Waals surface area contributed by atoms with Crippen molar-refractivity contribution in [1.82, 2.24) is 29.6 Å². The summed E-state index contributed by atoms with van der Waals surface area (Å²) in [6, 6.07) is 9.17. The van der Waals surface area contributed by atoms with Crippen LogP contribution in [-0.4, -0.2) is 75.7 Å². The molecule has 0 saturated carbocycles. The zero-order chi connectivity index (χ0) is 35.2. The number of halogens is 1. The average molecular weight is 691 g/mol. The maximum Gasteiger partial charge on any atom is 0.407 e. The van der Waals surface area contributed by atoms with Crippen LogP contribution in [0, 0.1) is 5.82 Å². The number of anilines is 2. The van der Waals surface area contributed by atoms with Crippen LogP contribution in [0.1, 0.15) is 49.8 Å². The van der Waals surface area contributed by atoms with E-state index in [4.69, 9.17) is 14.5 Å². The first-order valence-corrected chi connectivity index (χ1v) is 20.4. The van der Waals surface area contributed by atoms with Crippen LogP contribution < -0.4 is 15.5 Å². The number of imidazole rings is 1. The van der Waals surface area contributed by atoms with Gasteiger partial charge in [-0.15, -0.1) is 0 Å². The van der Waals surface area contributed by atoms with Crippen LogP contribution in [0.15, 0.2) is 61.3 Å². The quantitative estimate of drug-likeness (QED) is 0.129. The molecule has 2 amide bonds. The maximum absolute atomic E-state index is 15.5. The minimum Gasteiger partial charge on any atom is -0.444 e. The van der Waals surface area contributed by atoms with Gasteiger partial charge in [-0.25, -0.2) is 14.2 Å². The molecule has 5 rings (SSSR count). The van der Waals surface area contributed by atoms with E-state index in [-0.39, 0.29) is 24.3 Å². The number of aromatic nitrogens is 5. The second-order valence-electron chi connectivity index (χ2n) is 14.6. The number of carbonyl (C=O) groups excluding carboxylic acids is 2. The number of ether oxygens (including phenoxy) is 2. The van der Waals surface area contributed by atoms with E-state index in [1.54, 1.807) is 66.9 Å². The molecule has 1 fully saturated rings. The Morgan fingerprint density at radius 1 is 1.10 bits per heavy atom. The Morgan fingerprint density at radius 3 is 2.65 bits per heavy atom. The summed E-state index contributed by atoms with van der Waals surface area (Å²) in [6.45, 7) is 14.4. The van der Waals surface area contributed by atoms with Gasteiger partial charge in [0, 0.05) is 64.2 Å². The van der Waals surface area contributed by atoms with E-state index in [1.807, 2.05) is 23.2 Å². The smallest absolute Gasteiger partial charge is 0.407 e. The highest BCUT2D eigenvalue weighted by Gasteiger charge is 2.28. The van der Waals surface area contributed by atoms with Gasteiger partial charge in [-0.1, -0.05) is 31.8 Å². The molecule has 1 aromatic carbocycles. The van der Waals surface area contributed by atoms with Crippen molar-refractivity contribution in [2.75, 3.05) is 29.9 Å². The molecule has 4 aromatic rings. The van der Waals surface area contributed by atoms with Gasteiger partial charge in [0.05, 0.1) is 29.8 Å². The fourth-order valence-electron chi connectivity index (χ4n) is 5.53. The molecule has 3 aromatic heterocycles. The van der Waals surface area contributed by atoms with Gasteiger partial charge in [0.15, 0.2) is 0 Å². The molecule has 262 valence electrons. The third-order valence-corrected chi connectivity index (χ3v) is 9.60. The lowest BCUT2D eigenvalue weighted by Crippen LogP contribution is -2.49. The Labute approximate surface area is 288 Å². The van der Waals surface area contributed by atoms with E-state index < -0.39 is 31.5 Å². The van der Waals surface area contributed by atoms with Gasteiger partial charge in [-0.2, -0.15) is 5.10 Å². The number of alkyl carbamates (subject to hydrolysis) is 1. The second-order valence-corrected chi connectivity index (χ2v) is 20.2. The van der Waals surface area contributed by atoms with Crippen molar-refractivity contribution in [2.45, 2.75) is 84.2 Å². The first kappa shape index (κ1) is 35.7. The first-order valence-electron chi connectivity index (χ1n) is 16.6. The first-order chi connectivity index (χ1) is 23.2. The number of para-hydroxylation sites is 1. The summed E-state index contributed by atoms with van der Waals surface area (Å²) in [5.74, 6) is -0.855. The van der Waals surface area contributed by atoms with E-state index in [2.05, 4.69) is 40.4 Å². The molecule has 1 aliphatic heterocycles. The van der Waals surface area contributed by atoms with Gasteiger partial charge in [0.1, 0.15) is 18.1 Å². The monoisotopic (exact) mass is 690 g/mol. The van der Waals surface area contributed by atoms with Crippen LogP contribution in [0.3, 0.4) is 0 Å². The number of nitrogens with one attached hydrogen (secondary N) is 2. The number of amides is 2. The van der Waals surface area contributed by atoms with Gasteiger partial charge in [-0.3, -0.25) is 14.5 Å². The predicted octanol–water partition coefficient (Wildman–Crippen LogP) is 6.39. The van der Waals surface area contributed by atoms with Crippen molar-refractivity contribution in [3.63, 3.8) is 0 Å². The fraction of sp³-hybridized carbons (Fsp3) is 0.457. The molecule has 0 spiro atoms. The highest BCUT2D eigenvalue weighted by atomic mass is 28.3. The Balaban J connectivity index is 1.36. The second kappa shape index (κ2) is 15.3. The largest absolute Gasteiger partial charge is 0.444 e. The summed E-state index contributed by atoms with van der Waals surface area (Å²) in [6.07, 6.45) is 9.80. The number of piperidine rings is 1. The third kappa shape index (κ3) is 10.2. The maximum atomic E-state index is 15.5. The number of carbonyl (C=O) groups is 2.